The van der Waals surface area contributed by atoms with Crippen molar-refractivity contribution in [2.24, 2.45) is 0 Å². The first kappa shape index (κ1) is 14.5. The van der Waals surface area contributed by atoms with Gasteiger partial charge in [-0.1, -0.05) is 18.2 Å². The largest absolute Gasteiger partial charge is 0.491 e. The average molecular weight is 290 g/mol. The minimum Gasteiger partial charge on any atom is -0.491 e. The third kappa shape index (κ3) is 4.35. The maximum Gasteiger partial charge on any atom is 0.226 e. The first-order valence-electron chi connectivity index (χ1n) is 6.51. The molecule has 2 aromatic rings. The van der Waals surface area contributed by atoms with Gasteiger partial charge in [0.25, 0.3) is 0 Å². The molecule has 0 bridgehead atoms. The molecule has 1 N–H and O–H groups in total. The summed E-state index contributed by atoms with van der Waals surface area (Å²) in [4.78, 5) is 16.0. The van der Waals surface area contributed by atoms with E-state index in [4.69, 9.17) is 4.74 Å². The first-order valence-corrected chi connectivity index (χ1v) is 7.39. The van der Waals surface area contributed by atoms with Crippen LogP contribution in [0.5, 0.6) is 5.75 Å². The number of carbonyl (C=O) groups is 1. The summed E-state index contributed by atoms with van der Waals surface area (Å²) in [5.41, 5.74) is 1.92. The van der Waals surface area contributed by atoms with E-state index in [1.165, 1.54) is 0 Å². The van der Waals surface area contributed by atoms with E-state index < -0.39 is 0 Å². The van der Waals surface area contributed by atoms with Crippen LogP contribution in [0.4, 0.5) is 0 Å². The van der Waals surface area contributed by atoms with Gasteiger partial charge in [-0.3, -0.25) is 4.79 Å². The summed E-state index contributed by atoms with van der Waals surface area (Å²) in [6.45, 7) is 4.89. The molecule has 5 heteroatoms. The van der Waals surface area contributed by atoms with Crippen molar-refractivity contribution in [1.82, 2.24) is 10.3 Å². The van der Waals surface area contributed by atoms with Crippen molar-refractivity contribution in [3.63, 3.8) is 0 Å². The molecule has 0 aliphatic rings. The molecular formula is C15H18N2O2S. The zero-order chi connectivity index (χ0) is 14.4. The highest BCUT2D eigenvalue weighted by Gasteiger charge is 2.06. The monoisotopic (exact) mass is 290 g/mol. The molecule has 1 aromatic carbocycles. The number of hydrogen-bond acceptors (Lipinski definition) is 4. The van der Waals surface area contributed by atoms with Crippen LogP contribution < -0.4 is 10.1 Å². The second kappa shape index (κ2) is 7.05. The van der Waals surface area contributed by atoms with Gasteiger partial charge in [-0.2, -0.15) is 0 Å². The second-order valence-electron chi connectivity index (χ2n) is 4.50. The maximum absolute atomic E-state index is 11.7. The zero-order valence-corrected chi connectivity index (χ0v) is 12.5. The Labute approximate surface area is 122 Å². The molecular weight excluding hydrogens is 272 g/mol. The van der Waals surface area contributed by atoms with Gasteiger partial charge >= 0.3 is 0 Å². The lowest BCUT2D eigenvalue weighted by atomic mass is 10.2. The number of rotatable bonds is 6. The number of benzene rings is 1. The van der Waals surface area contributed by atoms with E-state index in [2.05, 4.69) is 10.3 Å². The van der Waals surface area contributed by atoms with Crippen LogP contribution in [0.15, 0.2) is 29.6 Å². The number of amides is 1. The van der Waals surface area contributed by atoms with Crippen molar-refractivity contribution >= 4 is 17.2 Å². The van der Waals surface area contributed by atoms with Gasteiger partial charge in [-0.15, -0.1) is 11.3 Å². The summed E-state index contributed by atoms with van der Waals surface area (Å²) in [6.07, 6.45) is 0.328. The van der Waals surface area contributed by atoms with Crippen molar-refractivity contribution < 1.29 is 9.53 Å². The first-order chi connectivity index (χ1) is 9.65. The maximum atomic E-state index is 11.7. The molecule has 0 unspecified atom stereocenters. The Morgan fingerprint density at radius 2 is 2.15 bits per heavy atom. The van der Waals surface area contributed by atoms with Gasteiger partial charge in [0.1, 0.15) is 12.4 Å². The number of nitrogens with zero attached hydrogens (tertiary/aromatic N) is 1. The second-order valence-corrected chi connectivity index (χ2v) is 5.56. The Balaban J connectivity index is 1.68. The number of ether oxygens (including phenoxy) is 1. The van der Waals surface area contributed by atoms with Crippen LogP contribution in [0.2, 0.25) is 0 Å². The van der Waals surface area contributed by atoms with Crippen molar-refractivity contribution in [2.75, 3.05) is 13.2 Å². The zero-order valence-electron chi connectivity index (χ0n) is 11.7. The van der Waals surface area contributed by atoms with Crippen LogP contribution in [0, 0.1) is 13.8 Å². The number of thiazole rings is 1. The fourth-order valence-corrected chi connectivity index (χ4v) is 2.40. The number of para-hydroxylation sites is 1. The highest BCUT2D eigenvalue weighted by atomic mass is 32.1. The molecule has 0 aliphatic carbocycles. The molecule has 106 valence electrons. The lowest BCUT2D eigenvalue weighted by Gasteiger charge is -2.09. The van der Waals surface area contributed by atoms with Gasteiger partial charge in [0.15, 0.2) is 0 Å². The minimum atomic E-state index is -0.0244. The fraction of sp³-hybridized carbons (Fsp3) is 0.333. The van der Waals surface area contributed by atoms with E-state index in [9.17, 15) is 4.79 Å². The van der Waals surface area contributed by atoms with Crippen molar-refractivity contribution in [3.05, 3.63) is 45.9 Å². The predicted octanol–water partition coefficient (Wildman–Crippen LogP) is 2.50. The van der Waals surface area contributed by atoms with E-state index in [1.54, 1.807) is 11.3 Å². The SMILES string of the molecule is Cc1nc(CC(=O)NCCOc2ccccc2C)cs1. The quantitative estimate of drug-likeness (QED) is 0.832. The summed E-state index contributed by atoms with van der Waals surface area (Å²) >= 11 is 1.56. The van der Waals surface area contributed by atoms with Crippen LogP contribution >= 0.6 is 11.3 Å². The molecule has 0 fully saturated rings. The third-order valence-electron chi connectivity index (χ3n) is 2.78. The van der Waals surface area contributed by atoms with Gasteiger partial charge in [-0.05, 0) is 25.5 Å². The number of hydrogen-bond donors (Lipinski definition) is 1. The number of carbonyl (C=O) groups excluding carboxylic acids is 1. The summed E-state index contributed by atoms with van der Waals surface area (Å²) in [5, 5.41) is 5.73. The molecule has 0 atom stereocenters. The van der Waals surface area contributed by atoms with Gasteiger partial charge in [-0.25, -0.2) is 4.98 Å². The van der Waals surface area contributed by atoms with Crippen LogP contribution in [0.1, 0.15) is 16.3 Å². The van der Waals surface area contributed by atoms with Crippen LogP contribution in [0.3, 0.4) is 0 Å². The topological polar surface area (TPSA) is 51.2 Å². The van der Waals surface area contributed by atoms with Crippen LogP contribution in [-0.4, -0.2) is 24.0 Å². The molecule has 0 saturated carbocycles. The molecule has 0 saturated heterocycles. The Morgan fingerprint density at radius 1 is 1.35 bits per heavy atom. The average Bonchev–Trinajstić information content (AvgIpc) is 2.82. The van der Waals surface area contributed by atoms with E-state index in [-0.39, 0.29) is 5.91 Å². The smallest absolute Gasteiger partial charge is 0.226 e. The molecule has 2 rings (SSSR count). The number of aromatic nitrogens is 1. The Bertz CT molecular complexity index is 581. The molecule has 0 spiro atoms. The van der Waals surface area contributed by atoms with E-state index >= 15 is 0 Å². The molecule has 1 amide bonds. The number of nitrogens with one attached hydrogen (secondary N) is 1. The molecule has 4 nitrogen and oxygen atoms in total. The summed E-state index contributed by atoms with van der Waals surface area (Å²) in [7, 11) is 0. The van der Waals surface area contributed by atoms with Gasteiger partial charge in [0.05, 0.1) is 23.7 Å². The van der Waals surface area contributed by atoms with Gasteiger partial charge < -0.3 is 10.1 Å². The molecule has 1 aromatic heterocycles. The molecule has 0 aliphatic heterocycles. The number of aryl methyl sites for hydroxylation is 2. The molecule has 20 heavy (non-hydrogen) atoms. The van der Waals surface area contributed by atoms with Crippen molar-refractivity contribution in [2.45, 2.75) is 20.3 Å². The van der Waals surface area contributed by atoms with E-state index in [0.717, 1.165) is 22.0 Å². The molecule has 1 heterocycles. The Morgan fingerprint density at radius 3 is 2.85 bits per heavy atom. The lowest BCUT2D eigenvalue weighted by molar-refractivity contribution is -0.120. The Hall–Kier alpha value is -1.88. The summed E-state index contributed by atoms with van der Waals surface area (Å²) < 4.78 is 5.61. The third-order valence-corrected chi connectivity index (χ3v) is 3.61. The lowest BCUT2D eigenvalue weighted by Crippen LogP contribution is -2.29. The van der Waals surface area contributed by atoms with Gasteiger partial charge in [0, 0.05) is 5.38 Å². The van der Waals surface area contributed by atoms with E-state index in [0.29, 0.717) is 19.6 Å². The predicted molar refractivity (Wildman–Crippen MR) is 80.2 cm³/mol. The standard InChI is InChI=1S/C15H18N2O2S/c1-11-5-3-4-6-14(11)19-8-7-16-15(18)9-13-10-20-12(2)17-13/h3-6,10H,7-9H2,1-2H3,(H,16,18). The minimum absolute atomic E-state index is 0.0244. The van der Waals surface area contributed by atoms with Crippen LogP contribution in [0.25, 0.3) is 0 Å². The van der Waals surface area contributed by atoms with Crippen molar-refractivity contribution in [3.8, 4) is 5.75 Å². The van der Waals surface area contributed by atoms with Crippen LogP contribution in [-0.2, 0) is 11.2 Å². The highest BCUT2D eigenvalue weighted by Crippen LogP contribution is 2.15. The summed E-state index contributed by atoms with van der Waals surface area (Å²) in [6, 6.07) is 7.83. The van der Waals surface area contributed by atoms with E-state index in [1.807, 2.05) is 43.5 Å². The fourth-order valence-electron chi connectivity index (χ4n) is 1.79. The van der Waals surface area contributed by atoms with Gasteiger partial charge in [0.2, 0.25) is 5.91 Å². The normalized spacial score (nSPS) is 10.3. The summed E-state index contributed by atoms with van der Waals surface area (Å²) in [5.74, 6) is 0.834. The highest BCUT2D eigenvalue weighted by molar-refractivity contribution is 7.09. The Kier molecular flexibility index (Phi) is 5.12. The van der Waals surface area contributed by atoms with Crippen molar-refractivity contribution in [1.29, 1.82) is 0 Å². The molecule has 0 radical (unpaired) electrons.